The number of benzene rings is 1. The minimum absolute atomic E-state index is 0.116. The fourth-order valence-corrected chi connectivity index (χ4v) is 3.36. The van der Waals surface area contributed by atoms with Gasteiger partial charge in [-0.05, 0) is 42.4 Å². The van der Waals surface area contributed by atoms with E-state index in [2.05, 4.69) is 4.72 Å². The first-order valence-electron chi connectivity index (χ1n) is 7.21. The largest absolute Gasteiger partial charge is 0.398 e. The number of aryl methyl sites for hydroxylation is 1. The molecule has 1 rings (SSSR count). The van der Waals surface area contributed by atoms with Crippen LogP contribution in [0.2, 0.25) is 0 Å². The number of hydrogen-bond acceptors (Lipinski definition) is 4. The van der Waals surface area contributed by atoms with E-state index < -0.39 is 10.0 Å². The number of nitrogen functional groups attached to an aromatic ring is 1. The summed E-state index contributed by atoms with van der Waals surface area (Å²) in [6.07, 6.45) is 2.18. The van der Waals surface area contributed by atoms with Gasteiger partial charge in [0.1, 0.15) is 0 Å². The quantitative estimate of drug-likeness (QED) is 0.639. The zero-order valence-electron chi connectivity index (χ0n) is 13.0. The lowest BCUT2D eigenvalue weighted by Gasteiger charge is -2.24. The molecule has 120 valence electrons. The third-order valence-corrected chi connectivity index (χ3v) is 4.96. The van der Waals surface area contributed by atoms with E-state index >= 15 is 0 Å². The molecule has 0 heterocycles. The Kier molecular flexibility index (Phi) is 6.19. The van der Waals surface area contributed by atoms with E-state index in [0.29, 0.717) is 18.7 Å². The number of aliphatic hydroxyl groups is 1. The van der Waals surface area contributed by atoms with Crippen molar-refractivity contribution in [1.29, 1.82) is 0 Å². The third-order valence-electron chi connectivity index (χ3n) is 3.56. The maximum atomic E-state index is 12.3. The first-order chi connectivity index (χ1) is 9.72. The molecule has 0 saturated carbocycles. The smallest absolute Gasteiger partial charge is 0.240 e. The van der Waals surface area contributed by atoms with Crippen LogP contribution < -0.4 is 10.5 Å². The lowest BCUT2D eigenvalue weighted by atomic mass is 9.88. The van der Waals surface area contributed by atoms with E-state index in [1.807, 2.05) is 20.8 Å². The predicted molar refractivity (Wildman–Crippen MR) is 85.5 cm³/mol. The zero-order chi connectivity index (χ0) is 16.1. The van der Waals surface area contributed by atoms with Crippen molar-refractivity contribution < 1.29 is 13.5 Å². The van der Waals surface area contributed by atoms with Crippen molar-refractivity contribution in [2.75, 3.05) is 18.9 Å². The van der Waals surface area contributed by atoms with Crippen molar-refractivity contribution >= 4 is 15.7 Å². The summed E-state index contributed by atoms with van der Waals surface area (Å²) in [5, 5.41) is 8.86. The molecule has 0 aliphatic heterocycles. The summed E-state index contributed by atoms with van der Waals surface area (Å²) < 4.78 is 27.2. The Bertz CT molecular complexity index is 568. The molecule has 0 unspecified atom stereocenters. The molecule has 0 bridgehead atoms. The predicted octanol–water partition coefficient (Wildman–Crippen LogP) is 1.91. The van der Waals surface area contributed by atoms with Gasteiger partial charge in [0.2, 0.25) is 10.0 Å². The molecular formula is C15H26N2O3S. The Morgan fingerprint density at radius 1 is 1.33 bits per heavy atom. The van der Waals surface area contributed by atoms with Gasteiger partial charge in [-0.3, -0.25) is 0 Å². The van der Waals surface area contributed by atoms with Crippen LogP contribution in [0, 0.1) is 5.41 Å². The Morgan fingerprint density at radius 3 is 2.52 bits per heavy atom. The van der Waals surface area contributed by atoms with E-state index in [1.54, 1.807) is 12.1 Å². The Hall–Kier alpha value is -1.11. The molecule has 6 heteroatoms. The van der Waals surface area contributed by atoms with Gasteiger partial charge in [-0.15, -0.1) is 0 Å². The van der Waals surface area contributed by atoms with Crippen LogP contribution in [0.15, 0.2) is 23.1 Å². The summed E-state index contributed by atoms with van der Waals surface area (Å²) in [5.41, 5.74) is 7.09. The molecule has 0 aliphatic rings. The SMILES string of the molecule is CCc1ccc(S(=O)(=O)NCC(C)(C)CCCO)cc1N. The topological polar surface area (TPSA) is 92.4 Å². The average Bonchev–Trinajstić information content (AvgIpc) is 2.43. The first-order valence-corrected chi connectivity index (χ1v) is 8.69. The van der Waals surface area contributed by atoms with Crippen molar-refractivity contribution in [2.24, 2.45) is 5.41 Å². The highest BCUT2D eigenvalue weighted by atomic mass is 32.2. The van der Waals surface area contributed by atoms with Gasteiger partial charge in [0.05, 0.1) is 4.90 Å². The number of sulfonamides is 1. The van der Waals surface area contributed by atoms with Crippen LogP contribution in [0.25, 0.3) is 0 Å². The number of rotatable bonds is 8. The summed E-state index contributed by atoms with van der Waals surface area (Å²) >= 11 is 0. The fourth-order valence-electron chi connectivity index (χ4n) is 2.08. The molecule has 0 fully saturated rings. The van der Waals surface area contributed by atoms with E-state index in [9.17, 15) is 8.42 Å². The van der Waals surface area contributed by atoms with Gasteiger partial charge in [0.15, 0.2) is 0 Å². The van der Waals surface area contributed by atoms with Crippen LogP contribution in [0.5, 0.6) is 0 Å². The summed E-state index contributed by atoms with van der Waals surface area (Å²) in [6.45, 7) is 6.36. The maximum absolute atomic E-state index is 12.3. The summed E-state index contributed by atoms with van der Waals surface area (Å²) in [4.78, 5) is 0.190. The van der Waals surface area contributed by atoms with Gasteiger partial charge >= 0.3 is 0 Å². The summed E-state index contributed by atoms with van der Waals surface area (Å²) in [6, 6.07) is 4.83. The average molecular weight is 314 g/mol. The van der Waals surface area contributed by atoms with Crippen molar-refractivity contribution in [3.63, 3.8) is 0 Å². The summed E-state index contributed by atoms with van der Waals surface area (Å²) in [5.74, 6) is 0. The van der Waals surface area contributed by atoms with Crippen LogP contribution in [-0.2, 0) is 16.4 Å². The third kappa shape index (κ3) is 5.30. The van der Waals surface area contributed by atoms with Crippen LogP contribution >= 0.6 is 0 Å². The van der Waals surface area contributed by atoms with E-state index in [0.717, 1.165) is 18.4 Å². The molecule has 4 N–H and O–H groups in total. The van der Waals surface area contributed by atoms with E-state index in [4.69, 9.17) is 10.8 Å². The number of anilines is 1. The van der Waals surface area contributed by atoms with Gasteiger partial charge in [0.25, 0.3) is 0 Å². The van der Waals surface area contributed by atoms with Crippen molar-refractivity contribution in [3.05, 3.63) is 23.8 Å². The van der Waals surface area contributed by atoms with Gasteiger partial charge in [-0.1, -0.05) is 26.8 Å². The number of hydrogen-bond donors (Lipinski definition) is 3. The molecule has 5 nitrogen and oxygen atoms in total. The normalized spacial score (nSPS) is 12.6. The van der Waals surface area contributed by atoms with Gasteiger partial charge in [0, 0.05) is 18.8 Å². The molecule has 0 spiro atoms. The van der Waals surface area contributed by atoms with E-state index in [-0.39, 0.29) is 16.9 Å². The van der Waals surface area contributed by atoms with Crippen molar-refractivity contribution in [2.45, 2.75) is 44.9 Å². The fraction of sp³-hybridized carbons (Fsp3) is 0.600. The number of aliphatic hydroxyl groups excluding tert-OH is 1. The second-order valence-corrected chi connectivity index (χ2v) is 7.80. The highest BCUT2D eigenvalue weighted by Gasteiger charge is 2.22. The Labute approximate surface area is 127 Å². The molecule has 0 aliphatic carbocycles. The van der Waals surface area contributed by atoms with Crippen LogP contribution in [0.4, 0.5) is 5.69 Å². The van der Waals surface area contributed by atoms with Crippen LogP contribution in [0.3, 0.4) is 0 Å². The molecular weight excluding hydrogens is 288 g/mol. The second kappa shape index (κ2) is 7.24. The van der Waals surface area contributed by atoms with Crippen molar-refractivity contribution in [3.8, 4) is 0 Å². The molecule has 0 atom stereocenters. The lowest BCUT2D eigenvalue weighted by Crippen LogP contribution is -2.34. The van der Waals surface area contributed by atoms with E-state index in [1.165, 1.54) is 6.07 Å². The molecule has 0 aromatic heterocycles. The highest BCUT2D eigenvalue weighted by molar-refractivity contribution is 7.89. The van der Waals surface area contributed by atoms with Crippen molar-refractivity contribution in [1.82, 2.24) is 4.72 Å². The molecule has 21 heavy (non-hydrogen) atoms. The zero-order valence-corrected chi connectivity index (χ0v) is 13.8. The second-order valence-electron chi connectivity index (χ2n) is 6.03. The lowest BCUT2D eigenvalue weighted by molar-refractivity contribution is 0.242. The Balaban J connectivity index is 2.80. The van der Waals surface area contributed by atoms with Gasteiger partial charge < -0.3 is 10.8 Å². The van der Waals surface area contributed by atoms with Crippen LogP contribution in [0.1, 0.15) is 39.2 Å². The first kappa shape index (κ1) is 17.9. The van der Waals surface area contributed by atoms with Gasteiger partial charge in [-0.25, -0.2) is 13.1 Å². The molecule has 0 saturated heterocycles. The standard InChI is InChI=1S/C15H26N2O3S/c1-4-12-6-7-13(10-14(12)16)21(19,20)17-11-15(2,3)8-5-9-18/h6-7,10,17-18H,4-5,8-9,11,16H2,1-3H3. The minimum Gasteiger partial charge on any atom is -0.398 e. The number of nitrogens with two attached hydrogens (primary N) is 1. The molecule has 0 amide bonds. The highest BCUT2D eigenvalue weighted by Crippen LogP contribution is 2.23. The molecule has 1 aromatic rings. The number of nitrogens with one attached hydrogen (secondary N) is 1. The minimum atomic E-state index is -3.56. The van der Waals surface area contributed by atoms with Gasteiger partial charge in [-0.2, -0.15) is 0 Å². The Morgan fingerprint density at radius 2 is 2.00 bits per heavy atom. The summed E-state index contributed by atoms with van der Waals surface area (Å²) in [7, 11) is -3.56. The maximum Gasteiger partial charge on any atom is 0.240 e. The van der Waals surface area contributed by atoms with Crippen LogP contribution in [-0.4, -0.2) is 26.7 Å². The molecule has 1 aromatic carbocycles. The molecule has 0 radical (unpaired) electrons. The monoisotopic (exact) mass is 314 g/mol.